The molecule has 0 radical (unpaired) electrons. The van der Waals surface area contributed by atoms with Gasteiger partial charge in [0.1, 0.15) is 0 Å². The summed E-state index contributed by atoms with van der Waals surface area (Å²) in [5.41, 5.74) is 7.38. The zero-order valence-corrected chi connectivity index (χ0v) is 9.19. The molecule has 0 fully saturated rings. The first-order valence-electron chi connectivity index (χ1n) is 4.53. The van der Waals surface area contributed by atoms with Crippen LogP contribution in [0.25, 0.3) is 0 Å². The Kier molecular flexibility index (Phi) is 3.60. The summed E-state index contributed by atoms with van der Waals surface area (Å²) in [6, 6.07) is 3.91. The Balaban J connectivity index is 2.73. The molecule has 0 saturated carbocycles. The standard InChI is InChI=1S/C10H16N2S/c1-4-7(2)13-10-6-5-9(11)8(3)12-10/h5-7H,4,11H2,1-3H3. The molecule has 1 aromatic heterocycles. The van der Waals surface area contributed by atoms with Gasteiger partial charge < -0.3 is 5.73 Å². The lowest BCUT2D eigenvalue weighted by atomic mass is 10.3. The lowest BCUT2D eigenvalue weighted by Gasteiger charge is -2.08. The van der Waals surface area contributed by atoms with E-state index >= 15 is 0 Å². The van der Waals surface area contributed by atoms with E-state index in [2.05, 4.69) is 18.8 Å². The van der Waals surface area contributed by atoms with Gasteiger partial charge in [0.05, 0.1) is 16.4 Å². The largest absolute Gasteiger partial charge is 0.397 e. The second-order valence-corrected chi connectivity index (χ2v) is 4.62. The summed E-state index contributed by atoms with van der Waals surface area (Å²) < 4.78 is 0. The molecule has 13 heavy (non-hydrogen) atoms. The number of hydrogen-bond donors (Lipinski definition) is 1. The van der Waals surface area contributed by atoms with E-state index in [1.165, 1.54) is 0 Å². The van der Waals surface area contributed by atoms with E-state index in [0.29, 0.717) is 5.25 Å². The molecule has 1 rings (SSSR count). The van der Waals surface area contributed by atoms with Gasteiger partial charge in [0.15, 0.2) is 0 Å². The second-order valence-electron chi connectivity index (χ2n) is 3.16. The number of rotatable bonds is 3. The van der Waals surface area contributed by atoms with Gasteiger partial charge in [-0.3, -0.25) is 0 Å². The zero-order valence-electron chi connectivity index (χ0n) is 8.37. The van der Waals surface area contributed by atoms with Crippen LogP contribution in [0.4, 0.5) is 5.69 Å². The molecule has 0 amide bonds. The lowest BCUT2D eigenvalue weighted by molar-refractivity contribution is 0.899. The summed E-state index contributed by atoms with van der Waals surface area (Å²) in [6.45, 7) is 6.33. The molecule has 0 saturated heterocycles. The molecule has 0 bridgehead atoms. The Hall–Kier alpha value is -0.700. The predicted molar refractivity (Wildman–Crippen MR) is 59.0 cm³/mol. The van der Waals surface area contributed by atoms with Crippen molar-refractivity contribution in [1.29, 1.82) is 0 Å². The van der Waals surface area contributed by atoms with E-state index in [1.54, 1.807) is 11.8 Å². The molecular formula is C10H16N2S. The van der Waals surface area contributed by atoms with Crippen molar-refractivity contribution in [3.63, 3.8) is 0 Å². The number of thioether (sulfide) groups is 1. The molecule has 0 spiro atoms. The maximum Gasteiger partial charge on any atom is 0.0967 e. The molecule has 0 aliphatic heterocycles. The molecule has 72 valence electrons. The molecule has 0 aliphatic carbocycles. The van der Waals surface area contributed by atoms with Gasteiger partial charge in [-0.1, -0.05) is 13.8 Å². The molecule has 2 N–H and O–H groups in total. The lowest BCUT2D eigenvalue weighted by Crippen LogP contribution is -1.97. The molecule has 0 aliphatic rings. The molecule has 1 aromatic rings. The van der Waals surface area contributed by atoms with Crippen molar-refractivity contribution in [3.05, 3.63) is 17.8 Å². The number of hydrogen-bond acceptors (Lipinski definition) is 3. The van der Waals surface area contributed by atoms with Crippen LogP contribution in [-0.4, -0.2) is 10.2 Å². The van der Waals surface area contributed by atoms with Gasteiger partial charge >= 0.3 is 0 Å². The van der Waals surface area contributed by atoms with Crippen LogP contribution < -0.4 is 5.73 Å². The highest BCUT2D eigenvalue weighted by Crippen LogP contribution is 2.24. The zero-order chi connectivity index (χ0) is 9.84. The maximum atomic E-state index is 5.68. The van der Waals surface area contributed by atoms with Crippen LogP contribution in [0.3, 0.4) is 0 Å². The number of aromatic nitrogens is 1. The van der Waals surface area contributed by atoms with Gasteiger partial charge in [0.2, 0.25) is 0 Å². The van der Waals surface area contributed by atoms with Crippen LogP contribution in [0.2, 0.25) is 0 Å². The second kappa shape index (κ2) is 4.51. The van der Waals surface area contributed by atoms with Gasteiger partial charge in [-0.2, -0.15) is 0 Å². The summed E-state index contributed by atoms with van der Waals surface area (Å²) >= 11 is 1.80. The van der Waals surface area contributed by atoms with Crippen molar-refractivity contribution in [1.82, 2.24) is 4.98 Å². The van der Waals surface area contributed by atoms with Crippen LogP contribution in [0.5, 0.6) is 0 Å². The third-order valence-electron chi connectivity index (χ3n) is 2.00. The van der Waals surface area contributed by atoms with E-state index in [1.807, 2.05) is 19.1 Å². The van der Waals surface area contributed by atoms with Gasteiger partial charge in [-0.15, -0.1) is 11.8 Å². The fraction of sp³-hybridized carbons (Fsp3) is 0.500. The smallest absolute Gasteiger partial charge is 0.0967 e. The molecule has 2 nitrogen and oxygen atoms in total. The summed E-state index contributed by atoms with van der Waals surface area (Å²) in [4.78, 5) is 4.40. The van der Waals surface area contributed by atoms with Crippen LogP contribution >= 0.6 is 11.8 Å². The van der Waals surface area contributed by atoms with E-state index < -0.39 is 0 Å². The van der Waals surface area contributed by atoms with Crippen LogP contribution in [0.1, 0.15) is 26.0 Å². The molecule has 3 heteroatoms. The highest BCUT2D eigenvalue weighted by Gasteiger charge is 2.03. The van der Waals surface area contributed by atoms with Crippen LogP contribution in [0, 0.1) is 6.92 Å². The number of nitrogen functional groups attached to an aromatic ring is 1. The first kappa shape index (κ1) is 10.4. The monoisotopic (exact) mass is 196 g/mol. The summed E-state index contributed by atoms with van der Waals surface area (Å²) in [5, 5.41) is 1.69. The summed E-state index contributed by atoms with van der Waals surface area (Å²) in [6.07, 6.45) is 1.16. The molecular weight excluding hydrogens is 180 g/mol. The Morgan fingerprint density at radius 2 is 2.23 bits per heavy atom. The third kappa shape index (κ3) is 2.92. The minimum absolute atomic E-state index is 0.621. The average Bonchev–Trinajstić information content (AvgIpc) is 2.11. The van der Waals surface area contributed by atoms with Crippen molar-refractivity contribution < 1.29 is 0 Å². The normalized spacial score (nSPS) is 12.8. The number of pyridine rings is 1. The van der Waals surface area contributed by atoms with Crippen molar-refractivity contribution in [2.75, 3.05) is 5.73 Å². The predicted octanol–water partition coefficient (Wildman–Crippen LogP) is 2.86. The van der Waals surface area contributed by atoms with E-state index in [0.717, 1.165) is 22.8 Å². The quantitative estimate of drug-likeness (QED) is 0.755. The number of anilines is 1. The Morgan fingerprint density at radius 1 is 1.54 bits per heavy atom. The van der Waals surface area contributed by atoms with Crippen molar-refractivity contribution in [3.8, 4) is 0 Å². The average molecular weight is 196 g/mol. The third-order valence-corrected chi connectivity index (χ3v) is 3.20. The topological polar surface area (TPSA) is 38.9 Å². The summed E-state index contributed by atoms with van der Waals surface area (Å²) in [7, 11) is 0. The number of nitrogens with two attached hydrogens (primary N) is 1. The minimum Gasteiger partial charge on any atom is -0.397 e. The van der Waals surface area contributed by atoms with Gasteiger partial charge in [-0.05, 0) is 25.5 Å². The molecule has 1 unspecified atom stereocenters. The van der Waals surface area contributed by atoms with E-state index in [4.69, 9.17) is 5.73 Å². The van der Waals surface area contributed by atoms with E-state index in [9.17, 15) is 0 Å². The fourth-order valence-electron chi connectivity index (χ4n) is 0.904. The Bertz CT molecular complexity index is 286. The summed E-state index contributed by atoms with van der Waals surface area (Å²) in [5.74, 6) is 0. The van der Waals surface area contributed by atoms with Gasteiger partial charge in [0.25, 0.3) is 0 Å². The molecule has 1 heterocycles. The van der Waals surface area contributed by atoms with Crippen molar-refractivity contribution in [2.24, 2.45) is 0 Å². The minimum atomic E-state index is 0.621. The van der Waals surface area contributed by atoms with E-state index in [-0.39, 0.29) is 0 Å². The SMILES string of the molecule is CCC(C)Sc1ccc(N)c(C)n1. The van der Waals surface area contributed by atoms with Gasteiger partial charge in [-0.25, -0.2) is 4.98 Å². The Morgan fingerprint density at radius 3 is 2.77 bits per heavy atom. The van der Waals surface area contributed by atoms with Crippen molar-refractivity contribution in [2.45, 2.75) is 37.5 Å². The molecule has 0 aromatic carbocycles. The Labute approximate surface area is 83.9 Å². The maximum absolute atomic E-state index is 5.68. The van der Waals surface area contributed by atoms with Gasteiger partial charge in [0, 0.05) is 5.25 Å². The molecule has 1 atom stereocenters. The fourth-order valence-corrected chi connectivity index (χ4v) is 1.82. The first-order chi connectivity index (χ1) is 6.13. The highest BCUT2D eigenvalue weighted by molar-refractivity contribution is 7.99. The first-order valence-corrected chi connectivity index (χ1v) is 5.41. The number of aryl methyl sites for hydroxylation is 1. The van der Waals surface area contributed by atoms with Crippen LogP contribution in [0.15, 0.2) is 17.2 Å². The number of nitrogens with zero attached hydrogens (tertiary/aromatic N) is 1. The van der Waals surface area contributed by atoms with Crippen LogP contribution in [-0.2, 0) is 0 Å². The van der Waals surface area contributed by atoms with Crippen molar-refractivity contribution >= 4 is 17.4 Å². The highest BCUT2D eigenvalue weighted by atomic mass is 32.2.